The molecule has 0 aliphatic heterocycles. The van der Waals surface area contributed by atoms with Crippen molar-refractivity contribution in [1.29, 1.82) is 0 Å². The summed E-state index contributed by atoms with van der Waals surface area (Å²) < 4.78 is 16.5. The standard InChI is InChI=1S/C17H19NO5/c1-12-5-4-6-13(2)17(12)23-10-9-22-16-11-14(18(19)20)7-8-15(16)21-3/h4-8,11H,9-10H2,1-3H3. The van der Waals surface area contributed by atoms with Crippen LogP contribution in [0.3, 0.4) is 0 Å². The van der Waals surface area contributed by atoms with Gasteiger partial charge in [0.25, 0.3) is 5.69 Å². The van der Waals surface area contributed by atoms with E-state index < -0.39 is 4.92 Å². The number of non-ortho nitro benzene ring substituents is 1. The Balaban J connectivity index is 1.98. The lowest BCUT2D eigenvalue weighted by molar-refractivity contribution is -0.385. The summed E-state index contributed by atoms with van der Waals surface area (Å²) in [6.45, 7) is 4.54. The molecule has 23 heavy (non-hydrogen) atoms. The predicted molar refractivity (Wildman–Crippen MR) is 86.6 cm³/mol. The topological polar surface area (TPSA) is 70.8 Å². The first kappa shape index (κ1) is 16.6. The number of para-hydroxylation sites is 1. The molecule has 0 aliphatic carbocycles. The van der Waals surface area contributed by atoms with Crippen LogP contribution in [0.2, 0.25) is 0 Å². The largest absolute Gasteiger partial charge is 0.493 e. The Hall–Kier alpha value is -2.76. The van der Waals surface area contributed by atoms with Gasteiger partial charge in [0, 0.05) is 6.07 Å². The van der Waals surface area contributed by atoms with E-state index in [4.69, 9.17) is 14.2 Å². The van der Waals surface area contributed by atoms with Gasteiger partial charge in [-0.2, -0.15) is 0 Å². The first-order valence-electron chi connectivity index (χ1n) is 7.17. The third kappa shape index (κ3) is 4.12. The molecule has 0 fully saturated rings. The number of benzene rings is 2. The molecule has 122 valence electrons. The van der Waals surface area contributed by atoms with E-state index in [9.17, 15) is 10.1 Å². The number of ether oxygens (including phenoxy) is 3. The van der Waals surface area contributed by atoms with Gasteiger partial charge < -0.3 is 14.2 Å². The molecule has 0 heterocycles. The fourth-order valence-corrected chi connectivity index (χ4v) is 2.21. The third-order valence-electron chi connectivity index (χ3n) is 3.35. The van der Waals surface area contributed by atoms with Crippen molar-refractivity contribution in [3.8, 4) is 17.2 Å². The smallest absolute Gasteiger partial charge is 0.273 e. The van der Waals surface area contributed by atoms with Gasteiger partial charge in [0.15, 0.2) is 11.5 Å². The van der Waals surface area contributed by atoms with Gasteiger partial charge >= 0.3 is 0 Å². The Bertz CT molecular complexity index is 679. The number of aryl methyl sites for hydroxylation is 2. The minimum absolute atomic E-state index is 0.0449. The molecule has 0 radical (unpaired) electrons. The van der Waals surface area contributed by atoms with Crippen LogP contribution >= 0.6 is 0 Å². The lowest BCUT2D eigenvalue weighted by Crippen LogP contribution is -2.11. The highest BCUT2D eigenvalue weighted by molar-refractivity contribution is 5.48. The van der Waals surface area contributed by atoms with Crippen LogP contribution in [0.15, 0.2) is 36.4 Å². The molecule has 0 unspecified atom stereocenters. The quantitative estimate of drug-likeness (QED) is 0.442. The summed E-state index contributed by atoms with van der Waals surface area (Å²) in [6, 6.07) is 10.2. The van der Waals surface area contributed by atoms with Crippen LogP contribution in [0.5, 0.6) is 17.2 Å². The molecule has 2 rings (SSSR count). The van der Waals surface area contributed by atoms with Crippen molar-refractivity contribution >= 4 is 5.69 Å². The first-order chi connectivity index (χ1) is 11.0. The average Bonchev–Trinajstić information content (AvgIpc) is 2.53. The van der Waals surface area contributed by atoms with E-state index in [-0.39, 0.29) is 12.3 Å². The maximum absolute atomic E-state index is 10.8. The van der Waals surface area contributed by atoms with Crippen LogP contribution in [-0.4, -0.2) is 25.2 Å². The molecule has 0 bridgehead atoms. The molecule has 6 nitrogen and oxygen atoms in total. The number of methoxy groups -OCH3 is 1. The van der Waals surface area contributed by atoms with E-state index >= 15 is 0 Å². The summed E-state index contributed by atoms with van der Waals surface area (Å²) >= 11 is 0. The number of nitrogens with zero attached hydrogens (tertiary/aromatic N) is 1. The zero-order valence-corrected chi connectivity index (χ0v) is 13.4. The molecule has 2 aromatic rings. The second kappa shape index (κ2) is 7.49. The predicted octanol–water partition coefficient (Wildman–Crippen LogP) is 3.68. The Morgan fingerprint density at radius 3 is 2.26 bits per heavy atom. The molecular weight excluding hydrogens is 298 g/mol. The van der Waals surface area contributed by atoms with Crippen molar-refractivity contribution in [3.05, 3.63) is 57.6 Å². The van der Waals surface area contributed by atoms with Crippen molar-refractivity contribution in [2.45, 2.75) is 13.8 Å². The lowest BCUT2D eigenvalue weighted by Gasteiger charge is -2.13. The van der Waals surface area contributed by atoms with E-state index in [1.165, 1.54) is 25.3 Å². The normalized spacial score (nSPS) is 10.2. The Morgan fingerprint density at radius 1 is 1.00 bits per heavy atom. The summed E-state index contributed by atoms with van der Waals surface area (Å²) in [5.41, 5.74) is 2.06. The van der Waals surface area contributed by atoms with Crippen LogP contribution in [0, 0.1) is 24.0 Å². The number of hydrogen-bond donors (Lipinski definition) is 0. The first-order valence-corrected chi connectivity index (χ1v) is 7.17. The van der Waals surface area contributed by atoms with E-state index in [1.807, 2.05) is 32.0 Å². The molecule has 0 aromatic heterocycles. The maximum atomic E-state index is 10.8. The van der Waals surface area contributed by atoms with E-state index in [0.29, 0.717) is 18.1 Å². The van der Waals surface area contributed by atoms with Crippen LogP contribution in [0.25, 0.3) is 0 Å². The second-order valence-electron chi connectivity index (χ2n) is 5.01. The fourth-order valence-electron chi connectivity index (χ4n) is 2.21. The van der Waals surface area contributed by atoms with E-state index in [0.717, 1.165) is 16.9 Å². The SMILES string of the molecule is COc1ccc([N+](=O)[O-])cc1OCCOc1c(C)cccc1C. The van der Waals surface area contributed by atoms with Crippen molar-refractivity contribution in [2.75, 3.05) is 20.3 Å². The molecular formula is C17H19NO5. The average molecular weight is 317 g/mol. The highest BCUT2D eigenvalue weighted by Crippen LogP contribution is 2.31. The molecule has 0 N–H and O–H groups in total. The highest BCUT2D eigenvalue weighted by atomic mass is 16.6. The second-order valence-corrected chi connectivity index (χ2v) is 5.01. The Labute approximate surface area is 134 Å². The van der Waals surface area contributed by atoms with Gasteiger partial charge in [0.1, 0.15) is 19.0 Å². The molecule has 0 saturated heterocycles. The van der Waals surface area contributed by atoms with Gasteiger partial charge in [-0.1, -0.05) is 18.2 Å². The van der Waals surface area contributed by atoms with Gasteiger partial charge in [-0.25, -0.2) is 0 Å². The van der Waals surface area contributed by atoms with Gasteiger partial charge in [0.2, 0.25) is 0 Å². The molecule has 2 aromatic carbocycles. The summed E-state index contributed by atoms with van der Waals surface area (Å²) in [6.07, 6.45) is 0. The minimum Gasteiger partial charge on any atom is -0.493 e. The molecule has 6 heteroatoms. The van der Waals surface area contributed by atoms with Gasteiger partial charge in [-0.05, 0) is 31.0 Å². The highest BCUT2D eigenvalue weighted by Gasteiger charge is 2.12. The van der Waals surface area contributed by atoms with Crippen molar-refractivity contribution < 1.29 is 19.1 Å². The zero-order valence-electron chi connectivity index (χ0n) is 13.4. The third-order valence-corrected chi connectivity index (χ3v) is 3.35. The fraction of sp³-hybridized carbons (Fsp3) is 0.294. The number of rotatable bonds is 7. The van der Waals surface area contributed by atoms with Gasteiger partial charge in [-0.3, -0.25) is 10.1 Å². The van der Waals surface area contributed by atoms with Crippen molar-refractivity contribution in [1.82, 2.24) is 0 Å². The molecule has 0 amide bonds. The van der Waals surface area contributed by atoms with Gasteiger partial charge in [-0.15, -0.1) is 0 Å². The number of nitro benzene ring substituents is 1. The van der Waals surface area contributed by atoms with Crippen LogP contribution in [0.4, 0.5) is 5.69 Å². The summed E-state index contributed by atoms with van der Waals surface area (Å²) in [4.78, 5) is 10.4. The van der Waals surface area contributed by atoms with E-state index in [1.54, 1.807) is 0 Å². The van der Waals surface area contributed by atoms with Crippen molar-refractivity contribution in [2.24, 2.45) is 0 Å². The molecule has 0 saturated carbocycles. The van der Waals surface area contributed by atoms with Crippen LogP contribution in [-0.2, 0) is 0 Å². The molecule has 0 aliphatic rings. The molecule has 0 atom stereocenters. The number of hydrogen-bond acceptors (Lipinski definition) is 5. The summed E-state index contributed by atoms with van der Waals surface area (Å²) in [5, 5.41) is 10.8. The van der Waals surface area contributed by atoms with E-state index in [2.05, 4.69) is 0 Å². The Morgan fingerprint density at radius 2 is 1.65 bits per heavy atom. The number of nitro groups is 1. The van der Waals surface area contributed by atoms with Gasteiger partial charge in [0.05, 0.1) is 18.1 Å². The minimum atomic E-state index is -0.473. The van der Waals surface area contributed by atoms with Crippen LogP contribution in [0.1, 0.15) is 11.1 Å². The summed E-state index contributed by atoms with van der Waals surface area (Å²) in [7, 11) is 1.49. The van der Waals surface area contributed by atoms with Crippen molar-refractivity contribution in [3.63, 3.8) is 0 Å². The maximum Gasteiger partial charge on any atom is 0.273 e. The Kier molecular flexibility index (Phi) is 5.41. The lowest BCUT2D eigenvalue weighted by atomic mass is 10.1. The summed E-state index contributed by atoms with van der Waals surface area (Å²) in [5.74, 6) is 1.61. The van der Waals surface area contributed by atoms with Crippen LogP contribution < -0.4 is 14.2 Å². The zero-order chi connectivity index (χ0) is 16.8. The molecule has 0 spiro atoms. The monoisotopic (exact) mass is 317 g/mol.